The molecule has 2 rings (SSSR count). The van der Waals surface area contributed by atoms with Crippen molar-refractivity contribution >= 4 is 15.8 Å². The second kappa shape index (κ2) is 8.94. The van der Waals surface area contributed by atoms with Crippen molar-refractivity contribution in [3.05, 3.63) is 23.8 Å². The van der Waals surface area contributed by atoms with Crippen LogP contribution in [0.4, 0.5) is 0 Å². The average molecular weight is 369 g/mol. The Morgan fingerprint density at radius 2 is 2.12 bits per heavy atom. The van der Waals surface area contributed by atoms with Crippen molar-refractivity contribution in [1.29, 1.82) is 0 Å². The molecule has 0 aliphatic carbocycles. The maximum absolute atomic E-state index is 11.6. The Labute approximate surface area is 149 Å². The summed E-state index contributed by atoms with van der Waals surface area (Å²) < 4.78 is 33.8. The Hall–Kier alpha value is -1.96. The summed E-state index contributed by atoms with van der Waals surface area (Å²) in [4.78, 5) is 4.55. The van der Waals surface area contributed by atoms with Gasteiger partial charge < -0.3 is 20.1 Å². The van der Waals surface area contributed by atoms with Gasteiger partial charge in [-0.1, -0.05) is 0 Å². The number of nitrogens with zero attached hydrogens (tertiary/aromatic N) is 1. The van der Waals surface area contributed by atoms with E-state index in [1.54, 1.807) is 14.2 Å². The van der Waals surface area contributed by atoms with Crippen molar-refractivity contribution in [1.82, 2.24) is 10.6 Å². The van der Waals surface area contributed by atoms with Crippen LogP contribution in [-0.4, -0.2) is 59.2 Å². The van der Waals surface area contributed by atoms with Gasteiger partial charge >= 0.3 is 0 Å². The first-order valence-corrected chi connectivity index (χ1v) is 10.3. The molecule has 0 saturated carbocycles. The van der Waals surface area contributed by atoms with Gasteiger partial charge in [-0.3, -0.25) is 4.99 Å². The van der Waals surface area contributed by atoms with Crippen LogP contribution in [0.1, 0.15) is 18.9 Å². The Bertz CT molecular complexity index is 704. The number of methoxy groups -OCH3 is 2. The van der Waals surface area contributed by atoms with Gasteiger partial charge in [0.05, 0.1) is 25.7 Å². The molecule has 0 radical (unpaired) electrons. The van der Waals surface area contributed by atoms with Crippen LogP contribution in [0.3, 0.4) is 0 Å². The summed E-state index contributed by atoms with van der Waals surface area (Å²) in [7, 11) is 0.359. The van der Waals surface area contributed by atoms with E-state index < -0.39 is 9.84 Å². The second-order valence-corrected chi connectivity index (χ2v) is 8.16. The number of nitrogens with one attached hydrogen (secondary N) is 2. The summed E-state index contributed by atoms with van der Waals surface area (Å²) in [5.74, 6) is 2.63. The molecular weight excluding hydrogens is 342 g/mol. The monoisotopic (exact) mass is 369 g/mol. The van der Waals surface area contributed by atoms with Gasteiger partial charge in [0.25, 0.3) is 0 Å². The Balaban J connectivity index is 1.99. The van der Waals surface area contributed by atoms with Crippen LogP contribution < -0.4 is 20.1 Å². The van der Waals surface area contributed by atoms with Crippen LogP contribution >= 0.6 is 0 Å². The third kappa shape index (κ3) is 5.81. The molecule has 140 valence electrons. The predicted octanol–water partition coefficient (Wildman–Crippen LogP) is 0.989. The van der Waals surface area contributed by atoms with E-state index >= 15 is 0 Å². The van der Waals surface area contributed by atoms with E-state index in [-0.39, 0.29) is 17.5 Å². The zero-order valence-corrected chi connectivity index (χ0v) is 15.9. The standard InChI is InChI=1S/C17H27N3O4S/c1-4-18-17(20-14-8-10-25(21,22)12-14)19-9-7-13-11-15(23-2)5-6-16(13)24-3/h5-6,11,14H,4,7-10,12H2,1-3H3,(H2,18,19,20). The van der Waals surface area contributed by atoms with Gasteiger partial charge in [-0.25, -0.2) is 8.42 Å². The molecule has 8 heteroatoms. The van der Waals surface area contributed by atoms with Crippen LogP contribution in [0.25, 0.3) is 0 Å². The molecule has 1 heterocycles. The zero-order chi connectivity index (χ0) is 18.3. The van der Waals surface area contributed by atoms with Gasteiger partial charge in [-0.2, -0.15) is 0 Å². The van der Waals surface area contributed by atoms with Gasteiger partial charge in [0.1, 0.15) is 11.5 Å². The number of aliphatic imine (C=N–C) groups is 1. The molecule has 1 atom stereocenters. The maximum Gasteiger partial charge on any atom is 0.191 e. The normalized spacial score (nSPS) is 19.5. The van der Waals surface area contributed by atoms with Crippen molar-refractivity contribution in [2.24, 2.45) is 4.99 Å². The lowest BCUT2D eigenvalue weighted by atomic mass is 10.1. The number of rotatable bonds is 7. The number of hydrogen-bond acceptors (Lipinski definition) is 5. The first-order chi connectivity index (χ1) is 12.0. The Morgan fingerprint density at radius 3 is 2.72 bits per heavy atom. The van der Waals surface area contributed by atoms with Crippen molar-refractivity contribution in [3.8, 4) is 11.5 Å². The molecular formula is C17H27N3O4S. The van der Waals surface area contributed by atoms with Crippen molar-refractivity contribution in [2.75, 3.05) is 38.8 Å². The zero-order valence-electron chi connectivity index (χ0n) is 15.0. The van der Waals surface area contributed by atoms with Crippen LogP contribution in [0.5, 0.6) is 11.5 Å². The first kappa shape index (κ1) is 19.4. The lowest BCUT2D eigenvalue weighted by Gasteiger charge is -2.16. The third-order valence-electron chi connectivity index (χ3n) is 4.06. The SMILES string of the molecule is CCNC(=NCCc1cc(OC)ccc1OC)NC1CCS(=O)(=O)C1. The molecule has 7 nitrogen and oxygen atoms in total. The van der Waals surface area contributed by atoms with Crippen LogP contribution in [0.2, 0.25) is 0 Å². The summed E-state index contributed by atoms with van der Waals surface area (Å²) in [6.07, 6.45) is 1.32. The van der Waals surface area contributed by atoms with Gasteiger partial charge in [-0.15, -0.1) is 0 Å². The van der Waals surface area contributed by atoms with Crippen LogP contribution in [0, 0.1) is 0 Å². The van der Waals surface area contributed by atoms with Gasteiger partial charge in [-0.05, 0) is 43.5 Å². The Kier molecular flexibility index (Phi) is 6.92. The molecule has 1 aliphatic rings. The molecule has 25 heavy (non-hydrogen) atoms. The number of ether oxygens (including phenoxy) is 2. The molecule has 0 aromatic heterocycles. The van der Waals surface area contributed by atoms with E-state index in [4.69, 9.17) is 9.47 Å². The Morgan fingerprint density at radius 1 is 1.32 bits per heavy atom. The molecule has 1 unspecified atom stereocenters. The fraction of sp³-hybridized carbons (Fsp3) is 0.588. The van der Waals surface area contributed by atoms with E-state index in [1.807, 2.05) is 25.1 Å². The summed E-state index contributed by atoms with van der Waals surface area (Å²) in [5, 5.41) is 6.38. The van der Waals surface area contributed by atoms with E-state index in [0.29, 0.717) is 31.9 Å². The van der Waals surface area contributed by atoms with Crippen molar-refractivity contribution < 1.29 is 17.9 Å². The van der Waals surface area contributed by atoms with E-state index in [0.717, 1.165) is 17.1 Å². The fourth-order valence-electron chi connectivity index (χ4n) is 2.79. The number of guanidine groups is 1. The predicted molar refractivity (Wildman–Crippen MR) is 99.4 cm³/mol. The molecule has 1 aliphatic heterocycles. The highest BCUT2D eigenvalue weighted by atomic mass is 32.2. The lowest BCUT2D eigenvalue weighted by molar-refractivity contribution is 0.399. The third-order valence-corrected chi connectivity index (χ3v) is 5.82. The first-order valence-electron chi connectivity index (χ1n) is 8.43. The van der Waals surface area contributed by atoms with Crippen LogP contribution in [0.15, 0.2) is 23.2 Å². The van der Waals surface area contributed by atoms with E-state index in [1.165, 1.54) is 0 Å². The number of sulfone groups is 1. The lowest BCUT2D eigenvalue weighted by Crippen LogP contribution is -2.44. The molecule has 2 N–H and O–H groups in total. The topological polar surface area (TPSA) is 89.0 Å². The number of hydrogen-bond donors (Lipinski definition) is 2. The summed E-state index contributed by atoms with van der Waals surface area (Å²) in [6, 6.07) is 5.61. The minimum absolute atomic E-state index is 0.0749. The quantitative estimate of drug-likeness (QED) is 0.550. The van der Waals surface area contributed by atoms with E-state index in [9.17, 15) is 8.42 Å². The highest BCUT2D eigenvalue weighted by Crippen LogP contribution is 2.24. The molecule has 0 amide bonds. The molecule has 1 saturated heterocycles. The average Bonchev–Trinajstić information content (AvgIpc) is 2.93. The summed E-state index contributed by atoms with van der Waals surface area (Å²) >= 11 is 0. The molecule has 1 aromatic carbocycles. The van der Waals surface area contributed by atoms with Crippen molar-refractivity contribution in [3.63, 3.8) is 0 Å². The van der Waals surface area contributed by atoms with Crippen LogP contribution in [-0.2, 0) is 16.3 Å². The highest BCUT2D eigenvalue weighted by Gasteiger charge is 2.28. The molecule has 0 spiro atoms. The summed E-state index contributed by atoms with van der Waals surface area (Å²) in [6.45, 7) is 3.25. The largest absolute Gasteiger partial charge is 0.497 e. The maximum atomic E-state index is 11.6. The minimum Gasteiger partial charge on any atom is -0.497 e. The van der Waals surface area contributed by atoms with Gasteiger partial charge in [0.15, 0.2) is 15.8 Å². The van der Waals surface area contributed by atoms with Crippen molar-refractivity contribution in [2.45, 2.75) is 25.8 Å². The number of benzene rings is 1. The van der Waals surface area contributed by atoms with Gasteiger partial charge in [0, 0.05) is 19.1 Å². The second-order valence-electron chi connectivity index (χ2n) is 5.93. The smallest absolute Gasteiger partial charge is 0.191 e. The highest BCUT2D eigenvalue weighted by molar-refractivity contribution is 7.91. The minimum atomic E-state index is -2.91. The summed E-state index contributed by atoms with van der Waals surface area (Å²) in [5.41, 5.74) is 1.02. The molecule has 1 aromatic rings. The fourth-order valence-corrected chi connectivity index (χ4v) is 4.46. The van der Waals surface area contributed by atoms with Gasteiger partial charge in [0.2, 0.25) is 0 Å². The van der Waals surface area contributed by atoms with E-state index in [2.05, 4.69) is 15.6 Å². The molecule has 0 bridgehead atoms. The molecule has 1 fully saturated rings.